The summed E-state index contributed by atoms with van der Waals surface area (Å²) in [6, 6.07) is 8.99. The standard InChI is InChI=1S/C13H9N5O/c14-7-10-3-1-2-4-11(10)8-17-18-13(19)12-9-15-5-6-16-12/h1-6,8-9H,(H,18,19)/b17-8+. The van der Waals surface area contributed by atoms with Gasteiger partial charge in [0.15, 0.2) is 0 Å². The van der Waals surface area contributed by atoms with Crippen LogP contribution in [0.4, 0.5) is 0 Å². The molecule has 0 unspecified atom stereocenters. The molecule has 1 amide bonds. The third-order valence-electron chi connectivity index (χ3n) is 2.25. The van der Waals surface area contributed by atoms with Crippen molar-refractivity contribution in [3.63, 3.8) is 0 Å². The first-order valence-electron chi connectivity index (χ1n) is 5.40. The predicted octanol–water partition coefficient (Wildman–Crippen LogP) is 1.11. The fourth-order valence-electron chi connectivity index (χ4n) is 1.35. The van der Waals surface area contributed by atoms with E-state index in [1.54, 1.807) is 24.3 Å². The van der Waals surface area contributed by atoms with Crippen LogP contribution in [0, 0.1) is 11.3 Å². The van der Waals surface area contributed by atoms with Gasteiger partial charge in [-0.25, -0.2) is 10.4 Å². The third-order valence-corrected chi connectivity index (χ3v) is 2.25. The Labute approximate surface area is 109 Å². The Morgan fingerprint density at radius 1 is 1.37 bits per heavy atom. The molecule has 2 rings (SSSR count). The van der Waals surface area contributed by atoms with Crippen LogP contribution < -0.4 is 5.43 Å². The molecular weight excluding hydrogens is 242 g/mol. The molecule has 0 fully saturated rings. The summed E-state index contributed by atoms with van der Waals surface area (Å²) in [5.41, 5.74) is 3.61. The van der Waals surface area contributed by atoms with E-state index in [0.29, 0.717) is 11.1 Å². The van der Waals surface area contributed by atoms with Crippen LogP contribution in [0.3, 0.4) is 0 Å². The Hall–Kier alpha value is -3.07. The second kappa shape index (κ2) is 6.02. The molecule has 0 saturated carbocycles. The molecule has 0 aliphatic heterocycles. The number of hydrazone groups is 1. The Morgan fingerprint density at radius 2 is 2.21 bits per heavy atom. The van der Waals surface area contributed by atoms with Gasteiger partial charge in [-0.05, 0) is 6.07 Å². The topological polar surface area (TPSA) is 91.0 Å². The molecule has 6 heteroatoms. The zero-order valence-electron chi connectivity index (χ0n) is 9.82. The third kappa shape index (κ3) is 3.20. The van der Waals surface area contributed by atoms with Crippen LogP contribution in [0.25, 0.3) is 0 Å². The van der Waals surface area contributed by atoms with Crippen molar-refractivity contribution in [2.45, 2.75) is 0 Å². The number of hydrogen-bond donors (Lipinski definition) is 1. The molecule has 6 nitrogen and oxygen atoms in total. The number of carbonyl (C=O) groups excluding carboxylic acids is 1. The number of nitriles is 1. The maximum atomic E-state index is 11.6. The van der Waals surface area contributed by atoms with Gasteiger partial charge in [-0.2, -0.15) is 10.4 Å². The van der Waals surface area contributed by atoms with Gasteiger partial charge >= 0.3 is 0 Å². The van der Waals surface area contributed by atoms with E-state index in [4.69, 9.17) is 5.26 Å². The maximum absolute atomic E-state index is 11.6. The predicted molar refractivity (Wildman–Crippen MR) is 68.2 cm³/mol. The highest BCUT2D eigenvalue weighted by molar-refractivity contribution is 5.93. The number of nitrogens with zero attached hydrogens (tertiary/aromatic N) is 4. The summed E-state index contributed by atoms with van der Waals surface area (Å²) in [7, 11) is 0. The summed E-state index contributed by atoms with van der Waals surface area (Å²) in [6.07, 6.45) is 5.65. The summed E-state index contributed by atoms with van der Waals surface area (Å²) >= 11 is 0. The minimum Gasteiger partial charge on any atom is -0.265 e. The Balaban J connectivity index is 2.05. The van der Waals surface area contributed by atoms with Crippen molar-refractivity contribution in [2.75, 3.05) is 0 Å². The molecule has 1 aromatic heterocycles. The zero-order valence-corrected chi connectivity index (χ0v) is 9.82. The van der Waals surface area contributed by atoms with E-state index in [1.165, 1.54) is 24.8 Å². The van der Waals surface area contributed by atoms with Gasteiger partial charge in [-0.1, -0.05) is 18.2 Å². The highest BCUT2D eigenvalue weighted by atomic mass is 16.2. The van der Waals surface area contributed by atoms with E-state index >= 15 is 0 Å². The molecule has 0 spiro atoms. The van der Waals surface area contributed by atoms with Gasteiger partial charge in [0.25, 0.3) is 5.91 Å². The Morgan fingerprint density at radius 3 is 2.95 bits per heavy atom. The van der Waals surface area contributed by atoms with Crippen LogP contribution in [-0.4, -0.2) is 22.1 Å². The molecule has 1 heterocycles. The number of rotatable bonds is 3. The number of amides is 1. The lowest BCUT2D eigenvalue weighted by Crippen LogP contribution is -2.19. The molecule has 0 aliphatic carbocycles. The van der Waals surface area contributed by atoms with Crippen LogP contribution in [0.5, 0.6) is 0 Å². The van der Waals surface area contributed by atoms with Crippen LogP contribution >= 0.6 is 0 Å². The SMILES string of the molecule is N#Cc1ccccc1/C=N/NC(=O)c1cnccn1. The lowest BCUT2D eigenvalue weighted by atomic mass is 10.1. The maximum Gasteiger partial charge on any atom is 0.291 e. The normalized spacial score (nSPS) is 10.1. The number of aromatic nitrogens is 2. The summed E-state index contributed by atoms with van der Waals surface area (Å²) in [5, 5.41) is 12.7. The highest BCUT2D eigenvalue weighted by Gasteiger charge is 2.04. The second-order valence-corrected chi connectivity index (χ2v) is 3.49. The van der Waals surface area contributed by atoms with Gasteiger partial charge in [-0.3, -0.25) is 9.78 Å². The zero-order chi connectivity index (χ0) is 13.5. The average molecular weight is 251 g/mol. The van der Waals surface area contributed by atoms with Gasteiger partial charge < -0.3 is 0 Å². The van der Waals surface area contributed by atoms with Gasteiger partial charge in [0, 0.05) is 18.0 Å². The molecule has 0 atom stereocenters. The molecule has 92 valence electrons. The minimum absolute atomic E-state index is 0.174. The largest absolute Gasteiger partial charge is 0.291 e. The van der Waals surface area contributed by atoms with E-state index in [2.05, 4.69) is 20.5 Å². The smallest absolute Gasteiger partial charge is 0.265 e. The van der Waals surface area contributed by atoms with E-state index in [0.717, 1.165) is 0 Å². The molecule has 0 bridgehead atoms. The first-order valence-corrected chi connectivity index (χ1v) is 5.40. The molecule has 1 aromatic carbocycles. The first kappa shape index (κ1) is 12.4. The monoisotopic (exact) mass is 251 g/mol. The van der Waals surface area contributed by atoms with Gasteiger partial charge in [0.2, 0.25) is 0 Å². The minimum atomic E-state index is -0.459. The Kier molecular flexibility index (Phi) is 3.93. The number of carbonyl (C=O) groups is 1. The molecule has 1 N–H and O–H groups in total. The van der Waals surface area contributed by atoms with Crippen molar-refractivity contribution in [1.82, 2.24) is 15.4 Å². The number of hydrogen-bond acceptors (Lipinski definition) is 5. The van der Waals surface area contributed by atoms with Crippen LogP contribution in [0.15, 0.2) is 48.0 Å². The summed E-state index contributed by atoms with van der Waals surface area (Å²) in [5.74, 6) is -0.459. The van der Waals surface area contributed by atoms with Crippen LogP contribution in [0.2, 0.25) is 0 Å². The fourth-order valence-corrected chi connectivity index (χ4v) is 1.35. The van der Waals surface area contributed by atoms with Gasteiger partial charge in [0.1, 0.15) is 5.69 Å². The lowest BCUT2D eigenvalue weighted by Gasteiger charge is -1.98. The second-order valence-electron chi connectivity index (χ2n) is 3.49. The van der Waals surface area contributed by atoms with E-state index < -0.39 is 5.91 Å². The van der Waals surface area contributed by atoms with Crippen molar-refractivity contribution >= 4 is 12.1 Å². The van der Waals surface area contributed by atoms with E-state index in [9.17, 15) is 4.79 Å². The van der Waals surface area contributed by atoms with Crippen molar-refractivity contribution < 1.29 is 4.79 Å². The molecule has 19 heavy (non-hydrogen) atoms. The number of benzene rings is 1. The molecule has 0 radical (unpaired) electrons. The number of nitrogens with one attached hydrogen (secondary N) is 1. The van der Waals surface area contributed by atoms with Crippen LogP contribution in [-0.2, 0) is 0 Å². The molecule has 0 aliphatic rings. The van der Waals surface area contributed by atoms with Crippen molar-refractivity contribution in [3.8, 4) is 6.07 Å². The van der Waals surface area contributed by atoms with Crippen LogP contribution in [0.1, 0.15) is 21.6 Å². The average Bonchev–Trinajstić information content (AvgIpc) is 2.48. The molecular formula is C13H9N5O. The Bertz CT molecular complexity index is 646. The first-order chi connectivity index (χ1) is 9.31. The highest BCUT2D eigenvalue weighted by Crippen LogP contribution is 2.03. The summed E-state index contributed by atoms with van der Waals surface area (Å²) < 4.78 is 0. The van der Waals surface area contributed by atoms with Gasteiger partial charge in [0.05, 0.1) is 24.0 Å². The van der Waals surface area contributed by atoms with E-state index in [1.807, 2.05) is 6.07 Å². The summed E-state index contributed by atoms with van der Waals surface area (Å²) in [6.45, 7) is 0. The molecule has 2 aromatic rings. The fraction of sp³-hybridized carbons (Fsp3) is 0. The lowest BCUT2D eigenvalue weighted by molar-refractivity contribution is 0.0949. The van der Waals surface area contributed by atoms with Crippen molar-refractivity contribution in [3.05, 3.63) is 59.7 Å². The van der Waals surface area contributed by atoms with Crippen molar-refractivity contribution in [1.29, 1.82) is 5.26 Å². The van der Waals surface area contributed by atoms with Gasteiger partial charge in [-0.15, -0.1) is 0 Å². The summed E-state index contributed by atoms with van der Waals surface area (Å²) in [4.78, 5) is 19.2. The van der Waals surface area contributed by atoms with E-state index in [-0.39, 0.29) is 5.69 Å². The quantitative estimate of drug-likeness (QED) is 0.653. The van der Waals surface area contributed by atoms with Crippen molar-refractivity contribution in [2.24, 2.45) is 5.10 Å². The molecule has 0 saturated heterocycles.